The lowest BCUT2D eigenvalue weighted by Gasteiger charge is -2.35. The molecule has 1 fully saturated rings. The minimum absolute atomic E-state index is 0.0844. The fraction of sp³-hybridized carbons (Fsp3) is 0.364. The zero-order chi connectivity index (χ0) is 10.2. The Balaban J connectivity index is 2.42. The molecule has 72 valence electrons. The first kappa shape index (κ1) is 8.89. The van der Waals surface area contributed by atoms with Gasteiger partial charge in [-0.05, 0) is 37.0 Å². The standard InChI is InChI=1S/C11H12N2O/c12-7-11(4-1-5-11)8-2-3-10(14)9(13)6-8/h2-3,6,14H,1,4-5,13H2. The van der Waals surface area contributed by atoms with Crippen LogP contribution < -0.4 is 5.73 Å². The lowest BCUT2D eigenvalue weighted by Crippen LogP contribution is -2.32. The van der Waals surface area contributed by atoms with Crippen molar-refractivity contribution in [2.45, 2.75) is 24.7 Å². The maximum atomic E-state index is 9.26. The molecule has 1 saturated carbocycles. The molecule has 0 heterocycles. The molecule has 0 aromatic heterocycles. The highest BCUT2D eigenvalue weighted by Crippen LogP contribution is 2.44. The minimum Gasteiger partial charge on any atom is -0.506 e. The van der Waals surface area contributed by atoms with Crippen LogP contribution in [0.2, 0.25) is 0 Å². The summed E-state index contributed by atoms with van der Waals surface area (Å²) in [6.07, 6.45) is 2.88. The second kappa shape index (κ2) is 2.91. The van der Waals surface area contributed by atoms with Crippen LogP contribution in [-0.4, -0.2) is 5.11 Å². The number of phenolic OH excluding ortho intramolecular Hbond substituents is 1. The number of nitrogen functional groups attached to an aromatic ring is 1. The average Bonchev–Trinajstić information content (AvgIpc) is 2.10. The van der Waals surface area contributed by atoms with Crippen LogP contribution in [0, 0.1) is 11.3 Å². The number of hydrogen-bond donors (Lipinski definition) is 2. The SMILES string of the molecule is N#CC1(c2ccc(O)c(N)c2)CCC1. The number of hydrogen-bond acceptors (Lipinski definition) is 3. The summed E-state index contributed by atoms with van der Waals surface area (Å²) in [6.45, 7) is 0. The van der Waals surface area contributed by atoms with Gasteiger partial charge in [-0.3, -0.25) is 0 Å². The second-order valence-corrected chi connectivity index (χ2v) is 3.82. The van der Waals surface area contributed by atoms with Gasteiger partial charge in [-0.2, -0.15) is 5.26 Å². The number of nitrogens with two attached hydrogens (primary N) is 1. The lowest BCUT2D eigenvalue weighted by atomic mass is 9.65. The number of nitriles is 1. The van der Waals surface area contributed by atoms with Crippen LogP contribution in [0.1, 0.15) is 24.8 Å². The molecule has 3 N–H and O–H groups in total. The predicted molar refractivity (Wildman–Crippen MR) is 53.7 cm³/mol. The largest absolute Gasteiger partial charge is 0.506 e. The van der Waals surface area contributed by atoms with Gasteiger partial charge in [-0.25, -0.2) is 0 Å². The highest BCUT2D eigenvalue weighted by molar-refractivity contribution is 5.56. The van der Waals surface area contributed by atoms with Gasteiger partial charge in [-0.15, -0.1) is 0 Å². The third-order valence-corrected chi connectivity index (χ3v) is 3.00. The highest BCUT2D eigenvalue weighted by Gasteiger charge is 2.39. The Bertz CT molecular complexity index is 402. The van der Waals surface area contributed by atoms with E-state index in [-0.39, 0.29) is 11.2 Å². The zero-order valence-corrected chi connectivity index (χ0v) is 7.83. The molecule has 3 heteroatoms. The quantitative estimate of drug-likeness (QED) is 0.522. The van der Waals surface area contributed by atoms with Gasteiger partial charge >= 0.3 is 0 Å². The first-order chi connectivity index (χ1) is 6.68. The fourth-order valence-electron chi connectivity index (χ4n) is 1.85. The Morgan fingerprint density at radius 1 is 1.43 bits per heavy atom. The van der Waals surface area contributed by atoms with E-state index in [9.17, 15) is 5.11 Å². The third-order valence-electron chi connectivity index (χ3n) is 3.00. The molecule has 0 aliphatic heterocycles. The van der Waals surface area contributed by atoms with Crippen molar-refractivity contribution in [3.63, 3.8) is 0 Å². The number of nitrogens with zero attached hydrogens (tertiary/aromatic N) is 1. The summed E-state index contributed by atoms with van der Waals surface area (Å²) in [7, 11) is 0. The molecule has 0 amide bonds. The second-order valence-electron chi connectivity index (χ2n) is 3.82. The van der Waals surface area contributed by atoms with Crippen LogP contribution in [-0.2, 0) is 5.41 Å². The van der Waals surface area contributed by atoms with E-state index >= 15 is 0 Å². The van der Waals surface area contributed by atoms with Gasteiger partial charge in [0.2, 0.25) is 0 Å². The van der Waals surface area contributed by atoms with Crippen LogP contribution in [0.25, 0.3) is 0 Å². The van der Waals surface area contributed by atoms with Gasteiger partial charge in [0.15, 0.2) is 0 Å². The first-order valence-electron chi connectivity index (χ1n) is 4.68. The molecule has 3 nitrogen and oxygen atoms in total. The van der Waals surface area contributed by atoms with E-state index in [1.54, 1.807) is 18.2 Å². The molecule has 1 aliphatic carbocycles. The highest BCUT2D eigenvalue weighted by atomic mass is 16.3. The van der Waals surface area contributed by atoms with Gasteiger partial charge in [0.1, 0.15) is 5.75 Å². The van der Waals surface area contributed by atoms with Gasteiger partial charge in [0.25, 0.3) is 0 Å². The molecule has 1 aromatic carbocycles. The molecular weight excluding hydrogens is 176 g/mol. The van der Waals surface area contributed by atoms with Gasteiger partial charge in [0.05, 0.1) is 17.2 Å². The van der Waals surface area contributed by atoms with Crippen molar-refractivity contribution in [2.24, 2.45) is 0 Å². The van der Waals surface area contributed by atoms with Crippen LogP contribution in [0.4, 0.5) is 5.69 Å². The molecule has 0 unspecified atom stereocenters. The molecule has 1 aliphatic rings. The Hall–Kier alpha value is -1.69. The molecule has 0 spiro atoms. The first-order valence-corrected chi connectivity index (χ1v) is 4.68. The lowest BCUT2D eigenvalue weighted by molar-refractivity contribution is 0.324. The van der Waals surface area contributed by atoms with E-state index in [0.29, 0.717) is 5.69 Å². The van der Waals surface area contributed by atoms with Crippen molar-refractivity contribution in [3.05, 3.63) is 23.8 Å². The molecule has 0 bridgehead atoms. The predicted octanol–water partition coefficient (Wildman–Crippen LogP) is 1.92. The molecule has 2 rings (SSSR count). The Morgan fingerprint density at radius 2 is 2.14 bits per heavy atom. The van der Waals surface area contributed by atoms with E-state index in [1.807, 2.05) is 0 Å². The normalized spacial score (nSPS) is 18.2. The summed E-state index contributed by atoms with van der Waals surface area (Å²) in [4.78, 5) is 0. The van der Waals surface area contributed by atoms with Crippen LogP contribution in [0.15, 0.2) is 18.2 Å². The van der Waals surface area contributed by atoms with Crippen molar-refractivity contribution < 1.29 is 5.11 Å². The molecule has 1 aromatic rings. The van der Waals surface area contributed by atoms with E-state index in [4.69, 9.17) is 11.0 Å². The zero-order valence-electron chi connectivity index (χ0n) is 7.83. The van der Waals surface area contributed by atoms with Crippen molar-refractivity contribution in [3.8, 4) is 11.8 Å². The van der Waals surface area contributed by atoms with Gasteiger partial charge in [0, 0.05) is 0 Å². The monoisotopic (exact) mass is 188 g/mol. The van der Waals surface area contributed by atoms with Crippen molar-refractivity contribution in [2.75, 3.05) is 5.73 Å². The Labute approximate surface area is 82.8 Å². The van der Waals surface area contributed by atoms with E-state index in [1.165, 1.54) is 0 Å². The number of aromatic hydroxyl groups is 1. The summed E-state index contributed by atoms with van der Waals surface area (Å²) in [6, 6.07) is 7.39. The Kier molecular flexibility index (Phi) is 1.85. The fourth-order valence-corrected chi connectivity index (χ4v) is 1.85. The number of benzene rings is 1. The summed E-state index contributed by atoms with van der Waals surface area (Å²) >= 11 is 0. The van der Waals surface area contributed by atoms with Crippen LogP contribution in [0.5, 0.6) is 5.75 Å². The van der Waals surface area contributed by atoms with E-state index in [0.717, 1.165) is 24.8 Å². The minimum atomic E-state index is -0.345. The summed E-state index contributed by atoms with van der Waals surface area (Å²) in [5, 5.41) is 18.4. The smallest absolute Gasteiger partial charge is 0.138 e. The summed E-state index contributed by atoms with van der Waals surface area (Å²) in [5.41, 5.74) is 6.53. The van der Waals surface area contributed by atoms with Crippen molar-refractivity contribution >= 4 is 5.69 Å². The van der Waals surface area contributed by atoms with Crippen molar-refractivity contribution in [1.29, 1.82) is 5.26 Å². The topological polar surface area (TPSA) is 70.0 Å². The van der Waals surface area contributed by atoms with Gasteiger partial charge in [-0.1, -0.05) is 6.07 Å². The number of rotatable bonds is 1. The van der Waals surface area contributed by atoms with Crippen LogP contribution in [0.3, 0.4) is 0 Å². The molecule has 0 radical (unpaired) electrons. The molecular formula is C11H12N2O. The van der Waals surface area contributed by atoms with Crippen LogP contribution >= 0.6 is 0 Å². The number of phenols is 1. The maximum absolute atomic E-state index is 9.26. The molecule has 0 atom stereocenters. The third kappa shape index (κ3) is 1.12. The molecule has 14 heavy (non-hydrogen) atoms. The molecule has 0 saturated heterocycles. The van der Waals surface area contributed by atoms with Gasteiger partial charge < -0.3 is 10.8 Å². The maximum Gasteiger partial charge on any atom is 0.138 e. The van der Waals surface area contributed by atoms with E-state index in [2.05, 4.69) is 6.07 Å². The van der Waals surface area contributed by atoms with Crippen molar-refractivity contribution in [1.82, 2.24) is 0 Å². The summed E-state index contributed by atoms with van der Waals surface area (Å²) < 4.78 is 0. The Morgan fingerprint density at radius 3 is 2.57 bits per heavy atom. The summed E-state index contributed by atoms with van der Waals surface area (Å²) in [5.74, 6) is 0.0844. The van der Waals surface area contributed by atoms with E-state index < -0.39 is 0 Å². The number of anilines is 1. The average molecular weight is 188 g/mol.